The van der Waals surface area contributed by atoms with Crippen molar-refractivity contribution in [2.45, 2.75) is 13.0 Å². The molecule has 0 saturated carbocycles. The van der Waals surface area contributed by atoms with E-state index in [1.54, 1.807) is 4.90 Å². The van der Waals surface area contributed by atoms with Gasteiger partial charge < -0.3 is 4.90 Å². The number of amides is 1. The predicted molar refractivity (Wildman–Crippen MR) is 99.2 cm³/mol. The van der Waals surface area contributed by atoms with Gasteiger partial charge in [-0.2, -0.15) is 0 Å². The molecule has 2 nitrogen and oxygen atoms in total. The predicted octanol–water partition coefficient (Wildman–Crippen LogP) is 5.12. The number of halogens is 1. The highest BCUT2D eigenvalue weighted by Crippen LogP contribution is 2.27. The third-order valence-electron chi connectivity index (χ3n) is 3.83. The smallest absolute Gasteiger partial charge is 0.231 e. The summed E-state index contributed by atoms with van der Waals surface area (Å²) in [5, 5.41) is 0.579. The molecule has 0 bridgehead atoms. The summed E-state index contributed by atoms with van der Waals surface area (Å²) < 4.78 is 0. The molecular weight excluding hydrogens is 318 g/mol. The van der Waals surface area contributed by atoms with Gasteiger partial charge in [0, 0.05) is 0 Å². The Labute approximate surface area is 147 Å². The Bertz CT molecular complexity index is 802. The second-order valence-corrected chi connectivity index (χ2v) is 5.99. The fraction of sp³-hybridized carbons (Fsp3) is 0.0952. The Balaban J connectivity index is 1.89. The summed E-state index contributed by atoms with van der Waals surface area (Å²) in [6, 6.07) is 27.2. The van der Waals surface area contributed by atoms with Crippen molar-refractivity contribution in [3.63, 3.8) is 0 Å². The number of hydrogen-bond acceptors (Lipinski definition) is 1. The van der Waals surface area contributed by atoms with Crippen molar-refractivity contribution < 1.29 is 4.79 Å². The van der Waals surface area contributed by atoms with Crippen LogP contribution in [0.15, 0.2) is 84.9 Å². The number of carbonyl (C=O) groups is 1. The van der Waals surface area contributed by atoms with E-state index in [0.29, 0.717) is 18.0 Å². The van der Waals surface area contributed by atoms with Gasteiger partial charge in [-0.15, -0.1) is 0 Å². The van der Waals surface area contributed by atoms with Crippen molar-refractivity contribution in [3.05, 3.63) is 101 Å². The molecule has 3 aromatic rings. The number of para-hydroxylation sites is 1. The van der Waals surface area contributed by atoms with Crippen LogP contribution in [0.1, 0.15) is 11.1 Å². The standard InChI is InChI=1S/C21H18ClNO/c22-19-13-7-8-14-20(19)23(16-18-11-5-2-6-12-18)21(24)15-17-9-3-1-4-10-17/h1-14H,15-16H2. The molecule has 0 unspecified atom stereocenters. The van der Waals surface area contributed by atoms with Gasteiger partial charge >= 0.3 is 0 Å². The van der Waals surface area contributed by atoms with Gasteiger partial charge in [-0.25, -0.2) is 0 Å². The van der Waals surface area contributed by atoms with Gasteiger partial charge in [0.2, 0.25) is 5.91 Å². The van der Waals surface area contributed by atoms with E-state index in [-0.39, 0.29) is 5.91 Å². The Hall–Kier alpha value is -2.58. The van der Waals surface area contributed by atoms with Gasteiger partial charge in [0.25, 0.3) is 0 Å². The van der Waals surface area contributed by atoms with E-state index in [0.717, 1.165) is 16.8 Å². The van der Waals surface area contributed by atoms with Crippen LogP contribution < -0.4 is 4.90 Å². The molecule has 3 rings (SSSR count). The number of hydrogen-bond donors (Lipinski definition) is 0. The molecule has 0 N–H and O–H groups in total. The second kappa shape index (κ2) is 7.80. The first-order valence-corrected chi connectivity index (χ1v) is 8.24. The first-order chi connectivity index (χ1) is 11.7. The number of anilines is 1. The molecule has 0 atom stereocenters. The Morgan fingerprint density at radius 1 is 0.750 bits per heavy atom. The molecule has 0 aliphatic carbocycles. The first-order valence-electron chi connectivity index (χ1n) is 7.87. The fourth-order valence-electron chi connectivity index (χ4n) is 2.61. The third-order valence-corrected chi connectivity index (χ3v) is 4.15. The van der Waals surface area contributed by atoms with E-state index >= 15 is 0 Å². The van der Waals surface area contributed by atoms with Crippen LogP contribution in [0.5, 0.6) is 0 Å². The molecule has 0 aliphatic heterocycles. The molecule has 0 fully saturated rings. The summed E-state index contributed by atoms with van der Waals surface area (Å²) >= 11 is 6.34. The fourth-order valence-corrected chi connectivity index (χ4v) is 2.85. The van der Waals surface area contributed by atoms with Crippen LogP contribution in [-0.4, -0.2) is 5.91 Å². The summed E-state index contributed by atoms with van der Waals surface area (Å²) in [7, 11) is 0. The number of benzene rings is 3. The van der Waals surface area contributed by atoms with Crippen molar-refractivity contribution >= 4 is 23.2 Å². The van der Waals surface area contributed by atoms with Crippen LogP contribution in [-0.2, 0) is 17.8 Å². The third kappa shape index (κ3) is 4.03. The van der Waals surface area contributed by atoms with Crippen molar-refractivity contribution in [2.24, 2.45) is 0 Å². The maximum absolute atomic E-state index is 12.9. The largest absolute Gasteiger partial charge is 0.306 e. The minimum absolute atomic E-state index is 0.0261. The molecule has 0 heterocycles. The zero-order valence-corrected chi connectivity index (χ0v) is 14.0. The van der Waals surface area contributed by atoms with E-state index in [4.69, 9.17) is 11.6 Å². The number of nitrogens with zero attached hydrogens (tertiary/aromatic N) is 1. The molecule has 120 valence electrons. The maximum atomic E-state index is 12.9. The second-order valence-electron chi connectivity index (χ2n) is 5.58. The highest BCUT2D eigenvalue weighted by atomic mass is 35.5. The molecule has 0 spiro atoms. The summed E-state index contributed by atoms with van der Waals surface area (Å²) in [6.07, 6.45) is 0.346. The molecule has 0 aromatic heterocycles. The Kier molecular flexibility index (Phi) is 5.29. The number of carbonyl (C=O) groups excluding carboxylic acids is 1. The molecule has 0 radical (unpaired) electrons. The molecular formula is C21H18ClNO. The summed E-state index contributed by atoms with van der Waals surface area (Å²) in [5.41, 5.74) is 2.80. The van der Waals surface area contributed by atoms with Gasteiger partial charge in [0.1, 0.15) is 0 Å². The average Bonchev–Trinajstić information content (AvgIpc) is 2.62. The van der Waals surface area contributed by atoms with Crippen molar-refractivity contribution in [3.8, 4) is 0 Å². The summed E-state index contributed by atoms with van der Waals surface area (Å²) in [5.74, 6) is 0.0261. The zero-order chi connectivity index (χ0) is 16.8. The molecule has 3 heteroatoms. The van der Waals surface area contributed by atoms with Gasteiger partial charge in [-0.3, -0.25) is 4.79 Å². The first kappa shape index (κ1) is 16.3. The molecule has 1 amide bonds. The van der Waals surface area contributed by atoms with E-state index in [1.807, 2.05) is 84.9 Å². The normalized spacial score (nSPS) is 10.4. The van der Waals surface area contributed by atoms with Gasteiger partial charge in [-0.1, -0.05) is 84.4 Å². The SMILES string of the molecule is O=C(Cc1ccccc1)N(Cc1ccccc1)c1ccccc1Cl. The zero-order valence-electron chi connectivity index (χ0n) is 13.2. The lowest BCUT2D eigenvalue weighted by Gasteiger charge is -2.24. The Morgan fingerprint density at radius 3 is 1.92 bits per heavy atom. The quantitative estimate of drug-likeness (QED) is 0.634. The average molecular weight is 336 g/mol. The molecule has 24 heavy (non-hydrogen) atoms. The minimum Gasteiger partial charge on any atom is -0.306 e. The Morgan fingerprint density at radius 2 is 1.29 bits per heavy atom. The topological polar surface area (TPSA) is 20.3 Å². The van der Waals surface area contributed by atoms with Crippen LogP contribution in [0.3, 0.4) is 0 Å². The van der Waals surface area contributed by atoms with E-state index in [2.05, 4.69) is 0 Å². The minimum atomic E-state index is 0.0261. The lowest BCUT2D eigenvalue weighted by Crippen LogP contribution is -2.32. The molecule has 3 aromatic carbocycles. The molecule has 0 aliphatic rings. The lowest BCUT2D eigenvalue weighted by molar-refractivity contribution is -0.118. The highest BCUT2D eigenvalue weighted by Gasteiger charge is 2.18. The van der Waals surface area contributed by atoms with E-state index in [1.165, 1.54) is 0 Å². The van der Waals surface area contributed by atoms with Gasteiger partial charge in [0.05, 0.1) is 23.7 Å². The molecule has 0 saturated heterocycles. The van der Waals surface area contributed by atoms with Crippen LogP contribution in [0.4, 0.5) is 5.69 Å². The van der Waals surface area contributed by atoms with Crippen molar-refractivity contribution in [1.82, 2.24) is 0 Å². The van der Waals surface area contributed by atoms with Gasteiger partial charge in [-0.05, 0) is 23.3 Å². The summed E-state index contributed by atoms with van der Waals surface area (Å²) in [6.45, 7) is 0.496. The van der Waals surface area contributed by atoms with Gasteiger partial charge in [0.15, 0.2) is 0 Å². The van der Waals surface area contributed by atoms with Crippen LogP contribution in [0.25, 0.3) is 0 Å². The number of rotatable bonds is 5. The maximum Gasteiger partial charge on any atom is 0.231 e. The van der Waals surface area contributed by atoms with Crippen molar-refractivity contribution in [1.29, 1.82) is 0 Å². The van der Waals surface area contributed by atoms with Crippen molar-refractivity contribution in [2.75, 3.05) is 4.90 Å². The monoisotopic (exact) mass is 335 g/mol. The lowest BCUT2D eigenvalue weighted by atomic mass is 10.1. The highest BCUT2D eigenvalue weighted by molar-refractivity contribution is 6.33. The van der Waals surface area contributed by atoms with E-state index < -0.39 is 0 Å². The summed E-state index contributed by atoms with van der Waals surface area (Å²) in [4.78, 5) is 14.7. The van der Waals surface area contributed by atoms with Crippen LogP contribution in [0.2, 0.25) is 5.02 Å². The van der Waals surface area contributed by atoms with E-state index in [9.17, 15) is 4.79 Å². The van der Waals surface area contributed by atoms with Crippen LogP contribution in [0, 0.1) is 0 Å². The van der Waals surface area contributed by atoms with Crippen LogP contribution >= 0.6 is 11.6 Å².